The first kappa shape index (κ1) is 17.2. The van der Waals surface area contributed by atoms with Gasteiger partial charge >= 0.3 is 0 Å². The maximum atomic E-state index is 11.9. The molecule has 0 aliphatic heterocycles. The minimum atomic E-state index is -0.0772. The first-order chi connectivity index (χ1) is 13.3. The topological polar surface area (TPSA) is 72.2 Å². The van der Waals surface area contributed by atoms with E-state index in [4.69, 9.17) is 4.98 Å². The number of hydrogen-bond donors (Lipinski definition) is 1. The largest absolute Gasteiger partial charge is 0.352 e. The molecule has 27 heavy (non-hydrogen) atoms. The van der Waals surface area contributed by atoms with Crippen LogP contribution in [0.25, 0.3) is 27.9 Å². The highest BCUT2D eigenvalue weighted by Gasteiger charge is 2.17. The van der Waals surface area contributed by atoms with Crippen molar-refractivity contribution < 1.29 is 4.79 Å². The smallest absolute Gasteiger partial charge is 0.230 e. The Kier molecular flexibility index (Phi) is 4.84. The average Bonchev–Trinajstić information content (AvgIpc) is 3.15. The Labute approximate surface area is 160 Å². The van der Waals surface area contributed by atoms with Gasteiger partial charge in [-0.2, -0.15) is 0 Å². The number of nitrogens with zero attached hydrogens (tertiary/aromatic N) is 4. The lowest BCUT2D eigenvalue weighted by Crippen LogP contribution is -2.25. The van der Waals surface area contributed by atoms with Crippen LogP contribution in [-0.2, 0) is 4.79 Å². The third kappa shape index (κ3) is 3.41. The highest BCUT2D eigenvalue weighted by Crippen LogP contribution is 2.28. The molecule has 0 radical (unpaired) electrons. The predicted octanol–water partition coefficient (Wildman–Crippen LogP) is 3.34. The van der Waals surface area contributed by atoms with E-state index in [2.05, 4.69) is 22.1 Å². The molecule has 0 bridgehead atoms. The molecular formula is C20H17N5OS. The molecule has 1 amide bonds. The van der Waals surface area contributed by atoms with Gasteiger partial charge in [0.15, 0.2) is 10.8 Å². The van der Waals surface area contributed by atoms with Gasteiger partial charge < -0.3 is 5.32 Å². The summed E-state index contributed by atoms with van der Waals surface area (Å²) in [6, 6.07) is 17.8. The average molecular weight is 375 g/mol. The molecule has 0 fully saturated rings. The molecule has 1 N–H and O–H groups in total. The molecule has 2 heterocycles. The molecule has 0 aliphatic carbocycles. The number of rotatable bonds is 6. The minimum Gasteiger partial charge on any atom is -0.352 e. The lowest BCUT2D eigenvalue weighted by Gasteiger charge is -2.09. The highest BCUT2D eigenvalue weighted by atomic mass is 32.2. The van der Waals surface area contributed by atoms with Crippen molar-refractivity contribution in [2.45, 2.75) is 5.16 Å². The standard InChI is InChI=1S/C20H17N5OS/c1-2-12-21-17(26)13-27-20-24-23-19-15-10-6-7-11-16(15)22-18(25(19)20)14-8-4-3-5-9-14/h2-11H,1,12-13H2,(H,21,26). The number of hydrogen-bond acceptors (Lipinski definition) is 5. The van der Waals surface area contributed by atoms with Gasteiger partial charge in [0.1, 0.15) is 5.82 Å². The minimum absolute atomic E-state index is 0.0772. The Bertz CT molecular complexity index is 1120. The normalized spacial score (nSPS) is 11.0. The number of para-hydroxylation sites is 1. The van der Waals surface area contributed by atoms with Gasteiger partial charge in [-0.25, -0.2) is 4.98 Å². The Hall–Kier alpha value is -3.19. The van der Waals surface area contributed by atoms with Crippen molar-refractivity contribution in [3.8, 4) is 11.4 Å². The maximum absolute atomic E-state index is 11.9. The summed E-state index contributed by atoms with van der Waals surface area (Å²) in [6.45, 7) is 4.05. The van der Waals surface area contributed by atoms with E-state index in [9.17, 15) is 4.79 Å². The van der Waals surface area contributed by atoms with Crippen LogP contribution in [0, 0.1) is 0 Å². The van der Waals surface area contributed by atoms with Crippen LogP contribution in [0.2, 0.25) is 0 Å². The molecule has 6 nitrogen and oxygen atoms in total. The van der Waals surface area contributed by atoms with E-state index in [-0.39, 0.29) is 11.7 Å². The van der Waals surface area contributed by atoms with Crippen LogP contribution in [0.4, 0.5) is 0 Å². The highest BCUT2D eigenvalue weighted by molar-refractivity contribution is 7.99. The van der Waals surface area contributed by atoms with Gasteiger partial charge in [-0.3, -0.25) is 9.20 Å². The lowest BCUT2D eigenvalue weighted by molar-refractivity contribution is -0.118. The van der Waals surface area contributed by atoms with Crippen LogP contribution >= 0.6 is 11.8 Å². The van der Waals surface area contributed by atoms with Gasteiger partial charge in [-0.05, 0) is 12.1 Å². The van der Waals surface area contributed by atoms with Crippen LogP contribution in [0.3, 0.4) is 0 Å². The third-order valence-electron chi connectivity index (χ3n) is 4.02. The molecule has 7 heteroatoms. The quantitative estimate of drug-likeness (QED) is 0.413. The molecule has 0 saturated heterocycles. The van der Waals surface area contributed by atoms with E-state index in [0.717, 1.165) is 27.9 Å². The summed E-state index contributed by atoms with van der Waals surface area (Å²) in [5.74, 6) is 0.922. The van der Waals surface area contributed by atoms with Crippen molar-refractivity contribution in [3.05, 3.63) is 67.3 Å². The van der Waals surface area contributed by atoms with Crippen molar-refractivity contribution in [2.75, 3.05) is 12.3 Å². The number of aromatic nitrogens is 4. The zero-order valence-corrected chi connectivity index (χ0v) is 15.3. The van der Waals surface area contributed by atoms with Crippen LogP contribution in [-0.4, -0.2) is 37.8 Å². The van der Waals surface area contributed by atoms with Crippen molar-refractivity contribution in [1.29, 1.82) is 0 Å². The van der Waals surface area contributed by atoms with Gasteiger partial charge in [0, 0.05) is 17.5 Å². The van der Waals surface area contributed by atoms with E-state index < -0.39 is 0 Å². The number of carbonyl (C=O) groups excluding carboxylic acids is 1. The SMILES string of the molecule is C=CCNC(=O)CSc1nnc2c3ccccc3nc(-c3ccccc3)n12. The molecule has 0 spiro atoms. The number of benzene rings is 2. The summed E-state index contributed by atoms with van der Waals surface area (Å²) in [5.41, 5.74) is 2.55. The fraction of sp³-hybridized carbons (Fsp3) is 0.100. The van der Waals surface area contributed by atoms with Gasteiger partial charge in [-0.1, -0.05) is 60.3 Å². The molecule has 134 valence electrons. The number of carbonyl (C=O) groups is 1. The molecular weight excluding hydrogens is 358 g/mol. The van der Waals surface area contributed by atoms with E-state index >= 15 is 0 Å². The lowest BCUT2D eigenvalue weighted by atomic mass is 10.2. The molecule has 4 aromatic rings. The van der Waals surface area contributed by atoms with Gasteiger partial charge in [-0.15, -0.1) is 16.8 Å². The summed E-state index contributed by atoms with van der Waals surface area (Å²) in [4.78, 5) is 16.8. The zero-order chi connectivity index (χ0) is 18.6. The molecule has 2 aromatic heterocycles. The summed E-state index contributed by atoms with van der Waals surface area (Å²) in [7, 11) is 0. The van der Waals surface area contributed by atoms with Crippen LogP contribution in [0.5, 0.6) is 0 Å². The van der Waals surface area contributed by atoms with E-state index in [1.165, 1.54) is 11.8 Å². The maximum Gasteiger partial charge on any atom is 0.230 e. The van der Waals surface area contributed by atoms with Crippen LogP contribution < -0.4 is 5.32 Å². The Morgan fingerprint density at radius 1 is 1.11 bits per heavy atom. The van der Waals surface area contributed by atoms with E-state index in [1.807, 2.05) is 59.0 Å². The van der Waals surface area contributed by atoms with Crippen molar-refractivity contribution in [2.24, 2.45) is 0 Å². The monoisotopic (exact) mass is 375 g/mol. The first-order valence-corrected chi connectivity index (χ1v) is 9.46. The molecule has 4 rings (SSSR count). The van der Waals surface area contributed by atoms with E-state index in [0.29, 0.717) is 11.7 Å². The van der Waals surface area contributed by atoms with E-state index in [1.54, 1.807) is 6.08 Å². The summed E-state index contributed by atoms with van der Waals surface area (Å²) in [6.07, 6.45) is 1.65. The van der Waals surface area contributed by atoms with Crippen LogP contribution in [0.15, 0.2) is 72.4 Å². The van der Waals surface area contributed by atoms with Gasteiger partial charge in [0.05, 0.1) is 11.3 Å². The predicted molar refractivity (Wildman–Crippen MR) is 108 cm³/mol. The number of nitrogens with one attached hydrogen (secondary N) is 1. The molecule has 0 atom stereocenters. The fourth-order valence-corrected chi connectivity index (χ4v) is 3.56. The number of thioether (sulfide) groups is 1. The first-order valence-electron chi connectivity index (χ1n) is 8.47. The van der Waals surface area contributed by atoms with Crippen molar-refractivity contribution in [3.63, 3.8) is 0 Å². The molecule has 0 saturated carbocycles. The third-order valence-corrected chi connectivity index (χ3v) is 4.95. The second kappa shape index (κ2) is 7.59. The second-order valence-electron chi connectivity index (χ2n) is 5.84. The summed E-state index contributed by atoms with van der Waals surface area (Å²) < 4.78 is 1.92. The summed E-state index contributed by atoms with van der Waals surface area (Å²) >= 11 is 1.34. The zero-order valence-electron chi connectivity index (χ0n) is 14.5. The number of fused-ring (bicyclic) bond motifs is 3. The van der Waals surface area contributed by atoms with Gasteiger partial charge in [0.2, 0.25) is 5.91 Å². The van der Waals surface area contributed by atoms with Crippen molar-refractivity contribution >= 4 is 34.2 Å². The molecule has 0 unspecified atom stereocenters. The molecule has 0 aliphatic rings. The second-order valence-corrected chi connectivity index (χ2v) is 6.78. The fourth-order valence-electron chi connectivity index (χ4n) is 2.80. The Balaban J connectivity index is 1.82. The number of amides is 1. The Morgan fingerprint density at radius 2 is 1.89 bits per heavy atom. The van der Waals surface area contributed by atoms with Crippen molar-refractivity contribution in [1.82, 2.24) is 24.9 Å². The van der Waals surface area contributed by atoms with Crippen LogP contribution in [0.1, 0.15) is 0 Å². The molecule has 2 aromatic carbocycles. The van der Waals surface area contributed by atoms with Gasteiger partial charge in [0.25, 0.3) is 0 Å². The Morgan fingerprint density at radius 3 is 2.70 bits per heavy atom. The summed E-state index contributed by atoms with van der Waals surface area (Å²) in [5, 5.41) is 13.0.